The smallest absolute Gasteiger partial charge is 0.102 e. The molecule has 0 rings (SSSR count). The topological polar surface area (TPSA) is 35.8 Å². The van der Waals surface area contributed by atoms with E-state index in [0.717, 1.165) is 0 Å². The van der Waals surface area contributed by atoms with E-state index < -0.39 is 0 Å². The van der Waals surface area contributed by atoms with Crippen molar-refractivity contribution in [1.29, 1.82) is 5.26 Å². The van der Waals surface area contributed by atoms with Crippen molar-refractivity contribution in [2.45, 2.75) is 19.9 Å². The average Bonchev–Trinajstić information content (AvgIpc) is 1.98. The molecule has 2 nitrogen and oxygen atoms in total. The van der Waals surface area contributed by atoms with Gasteiger partial charge >= 0.3 is 0 Å². The maximum absolute atomic E-state index is 11.6. The Balaban J connectivity index is 3.43. The standard InChI is InChI=1S/C7H13FN2/c1-6(5-9)7(2)10-4-3-8/h6-7,10H,3-4H2,1-2H3/t6?,7-/m1/s1. The van der Waals surface area contributed by atoms with E-state index >= 15 is 0 Å². The zero-order chi connectivity index (χ0) is 7.98. The third-order valence-corrected chi connectivity index (χ3v) is 1.51. The molecule has 0 spiro atoms. The molecular weight excluding hydrogens is 131 g/mol. The molecule has 0 saturated heterocycles. The van der Waals surface area contributed by atoms with Gasteiger partial charge in [-0.05, 0) is 13.8 Å². The van der Waals surface area contributed by atoms with Crippen molar-refractivity contribution in [2.75, 3.05) is 13.2 Å². The molecule has 2 atom stereocenters. The van der Waals surface area contributed by atoms with Crippen molar-refractivity contribution < 1.29 is 4.39 Å². The van der Waals surface area contributed by atoms with Crippen LogP contribution < -0.4 is 5.32 Å². The molecule has 0 heterocycles. The molecule has 0 amide bonds. The number of rotatable bonds is 4. The molecule has 3 heteroatoms. The summed E-state index contributed by atoms with van der Waals surface area (Å²) < 4.78 is 11.6. The first-order chi connectivity index (χ1) is 4.72. The minimum Gasteiger partial charge on any atom is -0.310 e. The maximum atomic E-state index is 11.6. The summed E-state index contributed by atoms with van der Waals surface area (Å²) in [5, 5.41) is 11.3. The molecule has 0 aromatic heterocycles. The summed E-state index contributed by atoms with van der Waals surface area (Å²) in [5.74, 6) is -0.0495. The number of halogens is 1. The van der Waals surface area contributed by atoms with Crippen LogP contribution >= 0.6 is 0 Å². The predicted octanol–water partition coefficient (Wildman–Crippen LogP) is 1.09. The Hall–Kier alpha value is -0.620. The van der Waals surface area contributed by atoms with E-state index in [0.29, 0.717) is 6.54 Å². The molecule has 0 saturated carbocycles. The number of nitrogens with zero attached hydrogens (tertiary/aromatic N) is 1. The summed E-state index contributed by atoms with van der Waals surface area (Å²) >= 11 is 0. The van der Waals surface area contributed by atoms with E-state index in [9.17, 15) is 4.39 Å². The van der Waals surface area contributed by atoms with Crippen LogP contribution in [0.15, 0.2) is 0 Å². The highest BCUT2D eigenvalue weighted by atomic mass is 19.1. The van der Waals surface area contributed by atoms with Gasteiger partial charge in [-0.1, -0.05) is 0 Å². The lowest BCUT2D eigenvalue weighted by Crippen LogP contribution is -2.32. The third-order valence-electron chi connectivity index (χ3n) is 1.51. The summed E-state index contributed by atoms with van der Waals surface area (Å²) in [6.07, 6.45) is 0. The first kappa shape index (κ1) is 9.38. The van der Waals surface area contributed by atoms with Crippen LogP contribution in [0.5, 0.6) is 0 Å². The molecule has 0 aliphatic heterocycles. The van der Waals surface area contributed by atoms with Gasteiger partial charge in [0.25, 0.3) is 0 Å². The number of hydrogen-bond acceptors (Lipinski definition) is 2. The summed E-state index contributed by atoms with van der Waals surface area (Å²) in [5.41, 5.74) is 0. The Morgan fingerprint density at radius 3 is 2.60 bits per heavy atom. The van der Waals surface area contributed by atoms with Gasteiger partial charge in [-0.2, -0.15) is 5.26 Å². The molecule has 0 aliphatic rings. The summed E-state index contributed by atoms with van der Waals surface area (Å²) in [4.78, 5) is 0. The summed E-state index contributed by atoms with van der Waals surface area (Å²) in [7, 11) is 0. The van der Waals surface area contributed by atoms with Crippen LogP contribution in [-0.2, 0) is 0 Å². The Morgan fingerprint density at radius 1 is 1.60 bits per heavy atom. The first-order valence-electron chi connectivity index (χ1n) is 3.41. The largest absolute Gasteiger partial charge is 0.310 e. The lowest BCUT2D eigenvalue weighted by atomic mass is 10.1. The lowest BCUT2D eigenvalue weighted by molar-refractivity contribution is 0.409. The fourth-order valence-electron chi connectivity index (χ4n) is 0.571. The van der Waals surface area contributed by atoms with Crippen LogP contribution in [0.2, 0.25) is 0 Å². The van der Waals surface area contributed by atoms with Crippen molar-refractivity contribution in [1.82, 2.24) is 5.32 Å². The van der Waals surface area contributed by atoms with Gasteiger partial charge in [0.05, 0.1) is 12.0 Å². The van der Waals surface area contributed by atoms with Crippen molar-refractivity contribution in [3.05, 3.63) is 0 Å². The molecule has 0 bridgehead atoms. The van der Waals surface area contributed by atoms with Gasteiger partial charge in [-0.15, -0.1) is 0 Å². The summed E-state index contributed by atoms with van der Waals surface area (Å²) in [6.45, 7) is 3.66. The second-order valence-corrected chi connectivity index (χ2v) is 2.35. The maximum Gasteiger partial charge on any atom is 0.102 e. The van der Waals surface area contributed by atoms with Gasteiger partial charge in [0.15, 0.2) is 0 Å². The zero-order valence-electron chi connectivity index (χ0n) is 6.39. The van der Waals surface area contributed by atoms with E-state index in [4.69, 9.17) is 5.26 Å². The van der Waals surface area contributed by atoms with Gasteiger partial charge in [0.2, 0.25) is 0 Å². The molecule has 1 unspecified atom stereocenters. The number of hydrogen-bond donors (Lipinski definition) is 1. The highest BCUT2D eigenvalue weighted by molar-refractivity contribution is 4.86. The molecule has 0 aromatic carbocycles. The molecule has 0 aliphatic carbocycles. The van der Waals surface area contributed by atoms with Gasteiger partial charge in [-0.3, -0.25) is 0 Å². The summed E-state index contributed by atoms with van der Waals surface area (Å²) in [6, 6.07) is 2.17. The highest BCUT2D eigenvalue weighted by Gasteiger charge is 2.08. The normalized spacial score (nSPS) is 15.8. The molecular formula is C7H13FN2. The van der Waals surface area contributed by atoms with Crippen LogP contribution in [0.1, 0.15) is 13.8 Å². The monoisotopic (exact) mass is 144 g/mol. The quantitative estimate of drug-likeness (QED) is 0.641. The van der Waals surface area contributed by atoms with Gasteiger partial charge in [0, 0.05) is 12.6 Å². The Kier molecular flexibility index (Phi) is 4.87. The zero-order valence-corrected chi connectivity index (χ0v) is 6.39. The highest BCUT2D eigenvalue weighted by Crippen LogP contribution is 1.98. The average molecular weight is 144 g/mol. The van der Waals surface area contributed by atoms with E-state index in [1.165, 1.54) is 0 Å². The molecule has 58 valence electrons. The number of nitrogens with one attached hydrogen (secondary N) is 1. The Labute approximate surface area is 61.0 Å². The number of nitriles is 1. The fourth-order valence-corrected chi connectivity index (χ4v) is 0.571. The molecule has 0 fully saturated rings. The van der Waals surface area contributed by atoms with Crippen molar-refractivity contribution in [3.63, 3.8) is 0 Å². The first-order valence-corrected chi connectivity index (χ1v) is 3.41. The third kappa shape index (κ3) is 3.41. The van der Waals surface area contributed by atoms with Crippen LogP contribution in [-0.4, -0.2) is 19.3 Å². The fraction of sp³-hybridized carbons (Fsp3) is 0.857. The van der Waals surface area contributed by atoms with E-state index in [2.05, 4.69) is 11.4 Å². The molecule has 0 radical (unpaired) electrons. The van der Waals surface area contributed by atoms with E-state index in [1.54, 1.807) is 0 Å². The van der Waals surface area contributed by atoms with Crippen LogP contribution in [0.3, 0.4) is 0 Å². The van der Waals surface area contributed by atoms with Gasteiger partial charge < -0.3 is 5.32 Å². The van der Waals surface area contributed by atoms with Gasteiger partial charge in [-0.25, -0.2) is 4.39 Å². The molecule has 10 heavy (non-hydrogen) atoms. The Morgan fingerprint density at radius 2 is 2.20 bits per heavy atom. The minimum absolute atomic E-state index is 0.0495. The number of alkyl halides is 1. The lowest BCUT2D eigenvalue weighted by Gasteiger charge is -2.13. The van der Waals surface area contributed by atoms with Crippen LogP contribution in [0.25, 0.3) is 0 Å². The van der Waals surface area contributed by atoms with Crippen LogP contribution in [0.4, 0.5) is 4.39 Å². The predicted molar refractivity (Wildman–Crippen MR) is 38.2 cm³/mol. The van der Waals surface area contributed by atoms with Crippen molar-refractivity contribution in [2.24, 2.45) is 5.92 Å². The van der Waals surface area contributed by atoms with Crippen molar-refractivity contribution >= 4 is 0 Å². The van der Waals surface area contributed by atoms with Gasteiger partial charge in [0.1, 0.15) is 6.67 Å². The Bertz CT molecular complexity index is 119. The van der Waals surface area contributed by atoms with Crippen LogP contribution in [0, 0.1) is 17.2 Å². The van der Waals surface area contributed by atoms with E-state index in [1.807, 2.05) is 13.8 Å². The van der Waals surface area contributed by atoms with Crippen molar-refractivity contribution in [3.8, 4) is 6.07 Å². The molecule has 0 aromatic rings. The second kappa shape index (κ2) is 5.19. The molecule has 1 N–H and O–H groups in total. The second-order valence-electron chi connectivity index (χ2n) is 2.35. The minimum atomic E-state index is -0.373. The van der Waals surface area contributed by atoms with E-state index in [-0.39, 0.29) is 18.6 Å². The SMILES string of the molecule is CC(C#N)[C@@H](C)NCCF.